The average Bonchev–Trinajstić information content (AvgIpc) is 3.28. The highest BCUT2D eigenvalue weighted by Gasteiger charge is 2.29. The Balaban J connectivity index is 1.43. The number of aromatic amines is 1. The lowest BCUT2D eigenvalue weighted by molar-refractivity contribution is 0.0864. The van der Waals surface area contributed by atoms with E-state index in [9.17, 15) is 9.50 Å². The van der Waals surface area contributed by atoms with Crippen LogP contribution < -0.4 is 0 Å². The Labute approximate surface area is 179 Å². The molecule has 1 saturated heterocycles. The molecule has 2 N–H and O–H groups in total. The predicted octanol–water partition coefficient (Wildman–Crippen LogP) is 3.12. The maximum Gasteiger partial charge on any atom is 0.199 e. The number of halogens is 1. The molecule has 1 aromatic heterocycles. The molecule has 7 nitrogen and oxygen atoms in total. The molecule has 5 rings (SSSR count). The summed E-state index contributed by atoms with van der Waals surface area (Å²) in [5, 5.41) is 15.5. The number of H-pyrrole nitrogens is 1. The molecule has 0 amide bonds. The third kappa shape index (κ3) is 3.80. The molecular weight excluding hydrogens is 397 g/mol. The summed E-state index contributed by atoms with van der Waals surface area (Å²) >= 11 is 0. The monoisotopic (exact) mass is 421 g/mol. The van der Waals surface area contributed by atoms with E-state index in [0.29, 0.717) is 34.5 Å². The van der Waals surface area contributed by atoms with Crippen LogP contribution in [0.4, 0.5) is 10.1 Å². The molecule has 31 heavy (non-hydrogen) atoms. The van der Waals surface area contributed by atoms with E-state index >= 15 is 0 Å². The van der Waals surface area contributed by atoms with Gasteiger partial charge in [0.15, 0.2) is 5.88 Å². The van der Waals surface area contributed by atoms with Crippen molar-refractivity contribution in [2.75, 3.05) is 46.4 Å². The van der Waals surface area contributed by atoms with Gasteiger partial charge in [0.25, 0.3) is 0 Å². The molecule has 0 saturated carbocycles. The molecule has 0 atom stereocenters. The van der Waals surface area contributed by atoms with Gasteiger partial charge < -0.3 is 19.8 Å². The molecule has 8 heteroatoms. The first-order valence-corrected chi connectivity index (χ1v) is 10.4. The van der Waals surface area contributed by atoms with Gasteiger partial charge in [-0.15, -0.1) is 0 Å². The standard InChI is InChI=1S/C23H24FN5O2/c1-28-8-10-29(11-9-28)12-13-31-27-21-16-4-2-3-5-18(16)25-22(21)20-17-14-15(24)6-7-19(17)26-23(20)30/h2-7,14,26,30H,8-13H2,1H3/b27-21+. The molecule has 0 bridgehead atoms. The Kier molecular flexibility index (Phi) is 5.17. The molecule has 1 fully saturated rings. The Hall–Kier alpha value is -3.23. The highest BCUT2D eigenvalue weighted by atomic mass is 19.1. The van der Waals surface area contributed by atoms with Crippen molar-refractivity contribution in [2.45, 2.75) is 0 Å². The topological polar surface area (TPSA) is 76.5 Å². The lowest BCUT2D eigenvalue weighted by atomic mass is 10.0. The SMILES string of the molecule is CN1CCN(CCO/N=C2/C(c3c(O)[nH]c4ccc(F)cc34)=Nc3ccccc32)CC1. The fourth-order valence-electron chi connectivity index (χ4n) is 4.08. The number of aliphatic imine (C=N–C) groups is 1. The van der Waals surface area contributed by atoms with Gasteiger partial charge in [-0.05, 0) is 31.3 Å². The van der Waals surface area contributed by atoms with Crippen LogP contribution in [0, 0.1) is 5.82 Å². The molecule has 3 aromatic rings. The van der Waals surface area contributed by atoms with Crippen LogP contribution in [-0.2, 0) is 4.84 Å². The first kappa shape index (κ1) is 19.7. The fraction of sp³-hybridized carbons (Fsp3) is 0.304. The number of oxime groups is 1. The lowest BCUT2D eigenvalue weighted by Gasteiger charge is -2.31. The molecular formula is C23H24FN5O2. The van der Waals surface area contributed by atoms with Gasteiger partial charge in [0.05, 0.1) is 11.3 Å². The number of likely N-dealkylation sites (N-methyl/N-ethyl adjacent to an activating group) is 1. The maximum absolute atomic E-state index is 13.9. The van der Waals surface area contributed by atoms with E-state index in [-0.39, 0.29) is 11.7 Å². The van der Waals surface area contributed by atoms with Crippen molar-refractivity contribution in [1.82, 2.24) is 14.8 Å². The number of para-hydroxylation sites is 1. The normalized spacial score (nSPS) is 18.5. The zero-order valence-corrected chi connectivity index (χ0v) is 17.3. The van der Waals surface area contributed by atoms with Crippen LogP contribution in [0.25, 0.3) is 10.9 Å². The highest BCUT2D eigenvalue weighted by Crippen LogP contribution is 2.35. The number of aromatic nitrogens is 1. The van der Waals surface area contributed by atoms with Gasteiger partial charge in [-0.2, -0.15) is 0 Å². The van der Waals surface area contributed by atoms with Gasteiger partial charge in [0.1, 0.15) is 23.8 Å². The predicted molar refractivity (Wildman–Crippen MR) is 119 cm³/mol. The molecule has 2 aliphatic heterocycles. The lowest BCUT2D eigenvalue weighted by Crippen LogP contribution is -2.45. The minimum atomic E-state index is -0.384. The van der Waals surface area contributed by atoms with Gasteiger partial charge in [-0.1, -0.05) is 23.4 Å². The quantitative estimate of drug-likeness (QED) is 0.490. The van der Waals surface area contributed by atoms with E-state index in [2.05, 4.69) is 32.0 Å². The molecule has 2 aromatic carbocycles. The van der Waals surface area contributed by atoms with Crippen LogP contribution in [0.1, 0.15) is 11.1 Å². The van der Waals surface area contributed by atoms with Crippen molar-refractivity contribution < 1.29 is 14.3 Å². The van der Waals surface area contributed by atoms with Crippen LogP contribution >= 0.6 is 0 Å². The molecule has 0 spiro atoms. The third-order valence-corrected chi connectivity index (χ3v) is 5.84. The summed E-state index contributed by atoms with van der Waals surface area (Å²) in [5.74, 6) is -0.455. The number of rotatable bonds is 5. The van der Waals surface area contributed by atoms with Crippen molar-refractivity contribution >= 4 is 28.0 Å². The van der Waals surface area contributed by atoms with Gasteiger partial charge in [0, 0.05) is 49.2 Å². The Bertz CT molecular complexity index is 1180. The molecule has 0 unspecified atom stereocenters. The number of hydrogen-bond donors (Lipinski definition) is 2. The van der Waals surface area contributed by atoms with Gasteiger partial charge in [0.2, 0.25) is 0 Å². The number of aromatic hydroxyl groups is 1. The van der Waals surface area contributed by atoms with Crippen molar-refractivity contribution in [3.05, 3.63) is 59.4 Å². The second-order valence-electron chi connectivity index (χ2n) is 7.93. The minimum absolute atomic E-state index is 0.0720. The Morgan fingerprint density at radius 3 is 2.81 bits per heavy atom. The van der Waals surface area contributed by atoms with Crippen LogP contribution in [0.3, 0.4) is 0 Å². The van der Waals surface area contributed by atoms with E-state index in [0.717, 1.165) is 44.0 Å². The second kappa shape index (κ2) is 8.13. The molecule has 2 aliphatic rings. The number of nitrogens with zero attached hydrogens (tertiary/aromatic N) is 4. The van der Waals surface area contributed by atoms with Gasteiger partial charge in [-0.25, -0.2) is 9.38 Å². The first-order chi connectivity index (χ1) is 15.1. The van der Waals surface area contributed by atoms with Crippen molar-refractivity contribution in [3.63, 3.8) is 0 Å². The number of benzene rings is 2. The third-order valence-electron chi connectivity index (χ3n) is 5.84. The summed E-state index contributed by atoms with van der Waals surface area (Å²) < 4.78 is 13.9. The van der Waals surface area contributed by atoms with Crippen LogP contribution in [0.15, 0.2) is 52.6 Å². The zero-order chi connectivity index (χ0) is 21.4. The summed E-state index contributed by atoms with van der Waals surface area (Å²) in [6.45, 7) is 5.38. The van der Waals surface area contributed by atoms with Crippen LogP contribution in [0.5, 0.6) is 5.88 Å². The number of piperazine rings is 1. The average molecular weight is 421 g/mol. The van der Waals surface area contributed by atoms with Crippen molar-refractivity contribution in [1.29, 1.82) is 0 Å². The van der Waals surface area contributed by atoms with Gasteiger partial charge >= 0.3 is 0 Å². The van der Waals surface area contributed by atoms with E-state index in [1.54, 1.807) is 6.07 Å². The molecule has 0 radical (unpaired) electrons. The number of fused-ring (bicyclic) bond motifs is 2. The summed E-state index contributed by atoms with van der Waals surface area (Å²) in [5.41, 5.74) is 3.62. The minimum Gasteiger partial charge on any atom is -0.494 e. The smallest absolute Gasteiger partial charge is 0.199 e. The van der Waals surface area contributed by atoms with Crippen molar-refractivity contribution in [3.8, 4) is 5.88 Å². The number of nitrogens with one attached hydrogen (secondary N) is 1. The first-order valence-electron chi connectivity index (χ1n) is 10.4. The summed E-state index contributed by atoms with van der Waals surface area (Å²) in [6, 6.07) is 11.9. The van der Waals surface area contributed by atoms with Gasteiger partial charge in [-0.3, -0.25) is 4.90 Å². The molecule has 160 valence electrons. The van der Waals surface area contributed by atoms with E-state index in [1.807, 2.05) is 24.3 Å². The Morgan fingerprint density at radius 2 is 1.97 bits per heavy atom. The van der Waals surface area contributed by atoms with E-state index in [1.165, 1.54) is 12.1 Å². The fourth-order valence-corrected chi connectivity index (χ4v) is 4.08. The number of hydrogen-bond acceptors (Lipinski definition) is 6. The second-order valence-corrected chi connectivity index (χ2v) is 7.93. The largest absolute Gasteiger partial charge is 0.494 e. The van der Waals surface area contributed by atoms with Crippen molar-refractivity contribution in [2.24, 2.45) is 10.1 Å². The summed E-state index contributed by atoms with van der Waals surface area (Å²) in [6.07, 6.45) is 0. The molecule has 0 aliphatic carbocycles. The Morgan fingerprint density at radius 1 is 1.16 bits per heavy atom. The van der Waals surface area contributed by atoms with E-state index in [4.69, 9.17) is 4.84 Å². The van der Waals surface area contributed by atoms with Crippen LogP contribution in [-0.4, -0.2) is 77.7 Å². The van der Waals surface area contributed by atoms with Crippen LogP contribution in [0.2, 0.25) is 0 Å². The van der Waals surface area contributed by atoms with E-state index < -0.39 is 0 Å². The highest BCUT2D eigenvalue weighted by molar-refractivity contribution is 6.58. The summed E-state index contributed by atoms with van der Waals surface area (Å²) in [4.78, 5) is 17.9. The molecule has 3 heterocycles. The zero-order valence-electron chi connectivity index (χ0n) is 17.3. The summed E-state index contributed by atoms with van der Waals surface area (Å²) in [7, 11) is 2.13. The maximum atomic E-state index is 13.9.